The number of nitrogens with zero attached hydrogens (tertiary/aromatic N) is 2. The number of aromatic nitrogens is 2. The van der Waals surface area contributed by atoms with Gasteiger partial charge < -0.3 is 15.1 Å². The molecule has 28 heavy (non-hydrogen) atoms. The third kappa shape index (κ3) is 3.85. The van der Waals surface area contributed by atoms with Crippen molar-refractivity contribution < 1.29 is 14.4 Å². The van der Waals surface area contributed by atoms with Crippen molar-refractivity contribution in [2.45, 2.75) is 13.0 Å². The van der Waals surface area contributed by atoms with Crippen LogP contribution < -0.4 is 16.4 Å². The Hall–Kier alpha value is -3.30. The fourth-order valence-electron chi connectivity index (χ4n) is 2.66. The van der Waals surface area contributed by atoms with Crippen LogP contribution in [0, 0.1) is 0 Å². The Morgan fingerprint density at radius 1 is 1.25 bits per heavy atom. The van der Waals surface area contributed by atoms with Crippen LogP contribution in [0.15, 0.2) is 51.7 Å². The van der Waals surface area contributed by atoms with Gasteiger partial charge in [0, 0.05) is 7.05 Å². The molecule has 9 nitrogen and oxygen atoms in total. The molecule has 0 saturated heterocycles. The fourth-order valence-corrected chi connectivity index (χ4v) is 2.99. The van der Waals surface area contributed by atoms with Crippen LogP contribution in [-0.4, -0.2) is 33.5 Å². The first-order valence-electron chi connectivity index (χ1n) is 8.32. The Labute approximate surface area is 164 Å². The molecule has 1 unspecified atom stereocenters. The number of aromatic amines is 1. The quantitative estimate of drug-likeness (QED) is 0.381. The lowest BCUT2D eigenvalue weighted by molar-refractivity contribution is -0.0737. The third-order valence-corrected chi connectivity index (χ3v) is 4.55. The number of hydrogen-bond acceptors (Lipinski definition) is 6. The van der Waals surface area contributed by atoms with Crippen molar-refractivity contribution in [2.24, 2.45) is 0 Å². The summed E-state index contributed by atoms with van der Waals surface area (Å²) in [5.74, 6) is -0.522. The monoisotopic (exact) mass is 403 g/mol. The summed E-state index contributed by atoms with van der Waals surface area (Å²) >= 11 is 6.52. The topological polar surface area (TPSA) is 123 Å². The van der Waals surface area contributed by atoms with E-state index in [1.54, 1.807) is 49.4 Å². The van der Waals surface area contributed by atoms with Crippen LogP contribution in [0.25, 0.3) is 11.5 Å². The molecule has 0 aliphatic carbocycles. The predicted molar refractivity (Wildman–Crippen MR) is 104 cm³/mol. The highest BCUT2D eigenvalue weighted by Gasteiger charge is 2.22. The van der Waals surface area contributed by atoms with Gasteiger partial charge in [0.2, 0.25) is 0 Å². The number of benzene rings is 2. The molecule has 1 aromatic heterocycles. The van der Waals surface area contributed by atoms with Gasteiger partial charge in [-0.3, -0.25) is 5.21 Å². The summed E-state index contributed by atoms with van der Waals surface area (Å²) in [6.45, 7) is 1.65. The van der Waals surface area contributed by atoms with Gasteiger partial charge in [-0.25, -0.2) is 14.7 Å². The maximum atomic E-state index is 11.7. The normalized spacial score (nSPS) is 11.7. The van der Waals surface area contributed by atoms with Crippen LogP contribution >= 0.6 is 11.6 Å². The summed E-state index contributed by atoms with van der Waals surface area (Å²) in [5.41, 5.74) is 2.25. The van der Waals surface area contributed by atoms with Gasteiger partial charge in [0.05, 0.1) is 28.0 Å². The summed E-state index contributed by atoms with van der Waals surface area (Å²) in [6, 6.07) is 11.0. The lowest BCUT2D eigenvalue weighted by Crippen LogP contribution is -2.37. The van der Waals surface area contributed by atoms with E-state index in [-0.39, 0.29) is 5.89 Å². The number of H-pyrrole nitrogens is 1. The lowest BCUT2D eigenvalue weighted by atomic mass is 10.1. The summed E-state index contributed by atoms with van der Waals surface area (Å²) in [5, 5.41) is 22.5. The maximum absolute atomic E-state index is 11.7. The molecule has 0 fully saturated rings. The summed E-state index contributed by atoms with van der Waals surface area (Å²) < 4.78 is 5.03. The van der Waals surface area contributed by atoms with Crippen molar-refractivity contribution in [1.29, 1.82) is 0 Å². The number of carbonyl (C=O) groups is 1. The number of carbonyl (C=O) groups excluding carboxylic acids is 1. The first-order chi connectivity index (χ1) is 13.4. The highest BCUT2D eigenvalue weighted by atomic mass is 35.5. The van der Waals surface area contributed by atoms with Crippen LogP contribution in [0.4, 0.5) is 16.2 Å². The van der Waals surface area contributed by atoms with Gasteiger partial charge in [0.25, 0.3) is 5.89 Å². The van der Waals surface area contributed by atoms with E-state index in [1.165, 1.54) is 7.05 Å². The molecule has 0 bridgehead atoms. The van der Waals surface area contributed by atoms with Crippen LogP contribution in [0.3, 0.4) is 0 Å². The molecule has 0 radical (unpaired) electrons. The molecule has 10 heteroatoms. The number of urea groups is 1. The van der Waals surface area contributed by atoms with Crippen molar-refractivity contribution >= 4 is 29.0 Å². The van der Waals surface area contributed by atoms with E-state index in [0.29, 0.717) is 32.6 Å². The molecule has 2 aromatic carbocycles. The van der Waals surface area contributed by atoms with Gasteiger partial charge >= 0.3 is 11.8 Å². The van der Waals surface area contributed by atoms with Gasteiger partial charge in [-0.2, -0.15) is 5.06 Å². The molecule has 0 aliphatic heterocycles. The molecule has 0 spiro atoms. The molecule has 3 rings (SSSR count). The Morgan fingerprint density at radius 3 is 2.64 bits per heavy atom. The van der Waals surface area contributed by atoms with E-state index in [4.69, 9.17) is 16.0 Å². The van der Waals surface area contributed by atoms with Crippen molar-refractivity contribution in [3.05, 3.63) is 63.6 Å². The molecule has 3 aromatic rings. The summed E-state index contributed by atoms with van der Waals surface area (Å²) in [4.78, 5) is 22.9. The smallest absolute Gasteiger partial charge is 0.388 e. The molecule has 0 saturated carbocycles. The third-order valence-electron chi connectivity index (χ3n) is 4.13. The SMILES string of the molecule is CNC(=O)N(O)C(C)c1cccc(Nc2ccccc2-c2n[nH]c(=O)o2)c1Cl. The Bertz CT molecular complexity index is 1050. The largest absolute Gasteiger partial charge is 0.434 e. The molecule has 4 N–H and O–H groups in total. The number of para-hydroxylation sites is 1. The Kier molecular flexibility index (Phi) is 5.67. The van der Waals surface area contributed by atoms with Crippen LogP contribution in [0.1, 0.15) is 18.5 Å². The van der Waals surface area contributed by atoms with E-state index in [0.717, 1.165) is 0 Å². The number of hydroxylamine groups is 2. The van der Waals surface area contributed by atoms with Gasteiger partial charge in [0.15, 0.2) is 0 Å². The first kappa shape index (κ1) is 19.5. The highest BCUT2D eigenvalue weighted by Crippen LogP contribution is 2.36. The zero-order valence-electron chi connectivity index (χ0n) is 15.1. The van der Waals surface area contributed by atoms with Gasteiger partial charge in [-0.05, 0) is 30.7 Å². The lowest BCUT2D eigenvalue weighted by Gasteiger charge is -2.24. The minimum Gasteiger partial charge on any atom is -0.388 e. The number of anilines is 2. The van der Waals surface area contributed by atoms with E-state index in [1.807, 2.05) is 0 Å². The van der Waals surface area contributed by atoms with Crippen molar-refractivity contribution in [2.75, 3.05) is 12.4 Å². The summed E-state index contributed by atoms with van der Waals surface area (Å²) in [6.07, 6.45) is 0. The highest BCUT2D eigenvalue weighted by molar-refractivity contribution is 6.34. The van der Waals surface area contributed by atoms with Gasteiger partial charge in [0.1, 0.15) is 0 Å². The van der Waals surface area contributed by atoms with Crippen molar-refractivity contribution in [3.63, 3.8) is 0 Å². The zero-order chi connectivity index (χ0) is 20.3. The standard InChI is InChI=1S/C18H18ClN5O4/c1-10(24(27)17(25)20-2)11-7-5-9-14(15(11)19)21-13-8-4-3-6-12(13)16-22-23-18(26)28-16/h3-10,21,27H,1-2H3,(H,20,25)(H,23,26). The van der Waals surface area contributed by atoms with Gasteiger partial charge in [-0.15, -0.1) is 5.10 Å². The second-order valence-electron chi connectivity index (χ2n) is 5.87. The van der Waals surface area contributed by atoms with Crippen LogP contribution in [0.2, 0.25) is 5.02 Å². The second-order valence-corrected chi connectivity index (χ2v) is 6.25. The molecule has 2 amide bonds. The molecule has 1 atom stereocenters. The average Bonchev–Trinajstić information content (AvgIpc) is 3.14. The predicted octanol–water partition coefficient (Wildman–Crippen LogP) is 3.52. The minimum absolute atomic E-state index is 0.134. The zero-order valence-corrected chi connectivity index (χ0v) is 15.8. The number of rotatable bonds is 5. The van der Waals surface area contributed by atoms with Crippen molar-refractivity contribution in [3.8, 4) is 11.5 Å². The van der Waals surface area contributed by atoms with Gasteiger partial charge in [-0.1, -0.05) is 35.9 Å². The molecular weight excluding hydrogens is 386 g/mol. The number of nitrogens with one attached hydrogen (secondary N) is 3. The van der Waals surface area contributed by atoms with E-state index >= 15 is 0 Å². The number of amides is 2. The molecular formula is C18H18ClN5O4. The number of halogens is 1. The Morgan fingerprint density at radius 2 is 1.96 bits per heavy atom. The van der Waals surface area contributed by atoms with Crippen LogP contribution in [-0.2, 0) is 0 Å². The van der Waals surface area contributed by atoms with Crippen LogP contribution in [0.5, 0.6) is 0 Å². The van der Waals surface area contributed by atoms with Crippen molar-refractivity contribution in [1.82, 2.24) is 20.6 Å². The average molecular weight is 404 g/mol. The second kappa shape index (κ2) is 8.15. The van der Waals surface area contributed by atoms with E-state index < -0.39 is 17.8 Å². The first-order valence-corrected chi connectivity index (χ1v) is 8.70. The molecule has 0 aliphatic rings. The summed E-state index contributed by atoms with van der Waals surface area (Å²) in [7, 11) is 1.42. The van der Waals surface area contributed by atoms with E-state index in [2.05, 4.69) is 20.8 Å². The molecule has 146 valence electrons. The number of hydrogen-bond donors (Lipinski definition) is 4. The molecule has 1 heterocycles. The minimum atomic E-state index is -0.686. The Balaban J connectivity index is 1.95. The fraction of sp³-hybridized carbons (Fsp3) is 0.167. The maximum Gasteiger partial charge on any atom is 0.434 e. The van der Waals surface area contributed by atoms with E-state index in [9.17, 15) is 14.8 Å².